The third-order valence-electron chi connectivity index (χ3n) is 2.99. The van der Waals surface area contributed by atoms with Crippen LogP contribution < -0.4 is 4.74 Å². The molecule has 21 heavy (non-hydrogen) atoms. The first-order valence-corrected chi connectivity index (χ1v) is 7.03. The normalized spacial score (nSPS) is 11.0. The van der Waals surface area contributed by atoms with Crippen molar-refractivity contribution in [1.82, 2.24) is 4.98 Å². The molecule has 2 rings (SSSR count). The van der Waals surface area contributed by atoms with Gasteiger partial charge < -0.3 is 9.47 Å². The topological polar surface area (TPSA) is 48.4 Å². The second-order valence-corrected chi connectivity index (χ2v) is 4.56. The predicted molar refractivity (Wildman–Crippen MR) is 83.3 cm³/mol. The number of fused-ring (bicyclic) bond motifs is 1. The van der Waals surface area contributed by atoms with Gasteiger partial charge in [-0.1, -0.05) is 0 Å². The molecule has 0 bridgehead atoms. The largest absolute Gasteiger partial charge is 0.494 e. The van der Waals surface area contributed by atoms with Gasteiger partial charge in [-0.3, -0.25) is 0 Å². The molecule has 1 aromatic heterocycles. The summed E-state index contributed by atoms with van der Waals surface area (Å²) < 4.78 is 10.4. The van der Waals surface area contributed by atoms with Gasteiger partial charge in [0.25, 0.3) is 0 Å². The van der Waals surface area contributed by atoms with Crippen molar-refractivity contribution in [2.45, 2.75) is 20.8 Å². The van der Waals surface area contributed by atoms with Crippen LogP contribution in [-0.4, -0.2) is 24.2 Å². The van der Waals surface area contributed by atoms with Crippen LogP contribution in [0.1, 0.15) is 25.1 Å². The first-order valence-electron chi connectivity index (χ1n) is 7.03. The van der Waals surface area contributed by atoms with Crippen molar-refractivity contribution in [3.8, 4) is 5.75 Å². The Morgan fingerprint density at radius 3 is 2.76 bits per heavy atom. The monoisotopic (exact) mass is 285 g/mol. The van der Waals surface area contributed by atoms with E-state index in [1.807, 2.05) is 38.1 Å². The lowest BCUT2D eigenvalue weighted by Crippen LogP contribution is -1.99. The number of aryl methyl sites for hydroxylation is 1. The van der Waals surface area contributed by atoms with Crippen molar-refractivity contribution >= 4 is 22.9 Å². The van der Waals surface area contributed by atoms with E-state index in [4.69, 9.17) is 9.47 Å². The summed E-state index contributed by atoms with van der Waals surface area (Å²) in [7, 11) is 0. The van der Waals surface area contributed by atoms with E-state index < -0.39 is 0 Å². The minimum atomic E-state index is -0.358. The van der Waals surface area contributed by atoms with Crippen LogP contribution in [0.15, 0.2) is 30.3 Å². The van der Waals surface area contributed by atoms with E-state index in [1.54, 1.807) is 13.0 Å². The molecule has 110 valence electrons. The van der Waals surface area contributed by atoms with Crippen LogP contribution in [0.4, 0.5) is 0 Å². The number of carbonyl (C=O) groups excluding carboxylic acids is 1. The maximum Gasteiger partial charge on any atom is 0.330 e. The highest BCUT2D eigenvalue weighted by Gasteiger charge is 2.04. The first kappa shape index (κ1) is 15.0. The van der Waals surface area contributed by atoms with Gasteiger partial charge in [0.05, 0.1) is 24.4 Å². The lowest BCUT2D eigenvalue weighted by atomic mass is 10.1. The molecule has 0 unspecified atom stereocenters. The Bertz CT molecular complexity index is 677. The number of ether oxygens (including phenoxy) is 2. The molecule has 0 spiro atoms. The summed E-state index contributed by atoms with van der Waals surface area (Å²) in [5.41, 5.74) is 2.70. The molecule has 0 aliphatic rings. The fourth-order valence-corrected chi connectivity index (χ4v) is 2.09. The summed E-state index contributed by atoms with van der Waals surface area (Å²) in [6.45, 7) is 6.76. The van der Waals surface area contributed by atoms with E-state index in [1.165, 1.54) is 6.08 Å². The van der Waals surface area contributed by atoms with Crippen LogP contribution in [0.25, 0.3) is 17.0 Å². The number of hydrogen-bond acceptors (Lipinski definition) is 4. The van der Waals surface area contributed by atoms with Crippen LogP contribution in [0.2, 0.25) is 0 Å². The Morgan fingerprint density at radius 1 is 1.24 bits per heavy atom. The number of pyridine rings is 1. The SMILES string of the molecule is CCOC(=O)/C=C/c1cc(C)c2cc(OCC)ccc2n1. The van der Waals surface area contributed by atoms with Gasteiger partial charge in [0.2, 0.25) is 0 Å². The van der Waals surface area contributed by atoms with Gasteiger partial charge >= 0.3 is 5.97 Å². The van der Waals surface area contributed by atoms with Gasteiger partial charge in [-0.25, -0.2) is 9.78 Å². The number of nitrogens with zero attached hydrogens (tertiary/aromatic N) is 1. The van der Waals surface area contributed by atoms with E-state index in [9.17, 15) is 4.79 Å². The maximum absolute atomic E-state index is 11.3. The molecule has 0 saturated carbocycles. The van der Waals surface area contributed by atoms with Gasteiger partial charge in [-0.05, 0) is 56.7 Å². The van der Waals surface area contributed by atoms with Crippen LogP contribution in [-0.2, 0) is 9.53 Å². The first-order chi connectivity index (χ1) is 10.1. The zero-order valence-electron chi connectivity index (χ0n) is 12.6. The summed E-state index contributed by atoms with van der Waals surface area (Å²) in [4.78, 5) is 15.8. The zero-order chi connectivity index (χ0) is 15.2. The van der Waals surface area contributed by atoms with Crippen molar-refractivity contribution in [2.75, 3.05) is 13.2 Å². The molecule has 4 heteroatoms. The van der Waals surface area contributed by atoms with Gasteiger partial charge in [0.1, 0.15) is 5.75 Å². The third-order valence-corrected chi connectivity index (χ3v) is 2.99. The highest BCUT2D eigenvalue weighted by atomic mass is 16.5. The Hall–Kier alpha value is -2.36. The Labute approximate surface area is 124 Å². The molecule has 1 heterocycles. The fraction of sp³-hybridized carbons (Fsp3) is 0.294. The Morgan fingerprint density at radius 2 is 2.05 bits per heavy atom. The van der Waals surface area contributed by atoms with Gasteiger partial charge in [0.15, 0.2) is 0 Å². The van der Waals surface area contributed by atoms with E-state index in [0.717, 1.165) is 27.9 Å². The molecule has 0 fully saturated rings. The van der Waals surface area contributed by atoms with Crippen LogP contribution in [0.3, 0.4) is 0 Å². The zero-order valence-corrected chi connectivity index (χ0v) is 12.6. The van der Waals surface area contributed by atoms with Crippen LogP contribution in [0, 0.1) is 6.92 Å². The lowest BCUT2D eigenvalue weighted by Gasteiger charge is -2.07. The molecule has 2 aromatic rings. The van der Waals surface area contributed by atoms with Crippen molar-refractivity contribution in [1.29, 1.82) is 0 Å². The minimum Gasteiger partial charge on any atom is -0.494 e. The second-order valence-electron chi connectivity index (χ2n) is 4.56. The summed E-state index contributed by atoms with van der Waals surface area (Å²) in [6.07, 6.45) is 3.06. The number of carbonyl (C=O) groups is 1. The maximum atomic E-state index is 11.3. The van der Waals surface area contributed by atoms with Crippen molar-refractivity contribution < 1.29 is 14.3 Å². The number of benzene rings is 1. The highest BCUT2D eigenvalue weighted by molar-refractivity contribution is 5.88. The molecular formula is C17H19NO3. The predicted octanol–water partition coefficient (Wildman–Crippen LogP) is 3.52. The average Bonchev–Trinajstić information content (AvgIpc) is 2.46. The Balaban J connectivity index is 2.32. The van der Waals surface area contributed by atoms with Gasteiger partial charge in [0, 0.05) is 11.5 Å². The number of hydrogen-bond donors (Lipinski definition) is 0. The molecule has 0 atom stereocenters. The Kier molecular flexibility index (Phi) is 4.93. The van der Waals surface area contributed by atoms with Gasteiger partial charge in [-0.15, -0.1) is 0 Å². The molecule has 1 aromatic carbocycles. The molecular weight excluding hydrogens is 266 g/mol. The van der Waals surface area contributed by atoms with E-state index in [0.29, 0.717) is 13.2 Å². The van der Waals surface area contributed by atoms with E-state index in [2.05, 4.69) is 4.98 Å². The smallest absolute Gasteiger partial charge is 0.330 e. The lowest BCUT2D eigenvalue weighted by molar-refractivity contribution is -0.137. The number of rotatable bonds is 5. The van der Waals surface area contributed by atoms with Gasteiger partial charge in [-0.2, -0.15) is 0 Å². The fourth-order valence-electron chi connectivity index (χ4n) is 2.09. The van der Waals surface area contributed by atoms with Crippen molar-refractivity contribution in [3.05, 3.63) is 41.6 Å². The molecule has 0 N–H and O–H groups in total. The molecule has 0 aliphatic carbocycles. The molecule has 0 amide bonds. The van der Waals surface area contributed by atoms with E-state index >= 15 is 0 Å². The van der Waals surface area contributed by atoms with Crippen molar-refractivity contribution in [2.24, 2.45) is 0 Å². The minimum absolute atomic E-state index is 0.358. The molecule has 0 saturated heterocycles. The quantitative estimate of drug-likeness (QED) is 0.623. The van der Waals surface area contributed by atoms with Crippen LogP contribution in [0.5, 0.6) is 5.75 Å². The number of esters is 1. The summed E-state index contributed by atoms with van der Waals surface area (Å²) in [5.74, 6) is 0.480. The molecule has 0 aliphatic heterocycles. The number of aromatic nitrogens is 1. The van der Waals surface area contributed by atoms with Crippen molar-refractivity contribution in [3.63, 3.8) is 0 Å². The summed E-state index contributed by atoms with van der Waals surface area (Å²) in [5, 5.41) is 1.05. The second kappa shape index (κ2) is 6.88. The third kappa shape index (κ3) is 3.81. The molecule has 4 nitrogen and oxygen atoms in total. The standard InChI is InChI=1S/C17H19NO3/c1-4-20-14-7-8-16-15(11-14)12(3)10-13(18-16)6-9-17(19)21-5-2/h6-11H,4-5H2,1-3H3/b9-6+. The molecule has 0 radical (unpaired) electrons. The van der Waals surface area contributed by atoms with E-state index in [-0.39, 0.29) is 5.97 Å². The highest BCUT2D eigenvalue weighted by Crippen LogP contribution is 2.23. The summed E-state index contributed by atoms with van der Waals surface area (Å²) in [6, 6.07) is 7.75. The van der Waals surface area contributed by atoms with Crippen LogP contribution >= 0.6 is 0 Å². The summed E-state index contributed by atoms with van der Waals surface area (Å²) >= 11 is 0. The average molecular weight is 285 g/mol.